The summed E-state index contributed by atoms with van der Waals surface area (Å²) in [7, 11) is 0. The number of anilines is 2. The van der Waals surface area contributed by atoms with E-state index in [1.807, 2.05) is 31.2 Å². The van der Waals surface area contributed by atoms with Gasteiger partial charge in [-0.3, -0.25) is 10.1 Å². The Balaban J connectivity index is 1.83. The van der Waals surface area contributed by atoms with Crippen LogP contribution >= 0.6 is 23.8 Å². The Morgan fingerprint density at radius 3 is 2.41 bits per heavy atom. The number of thiocarbonyl (C=S) groups is 1. The average molecular weight is 406 g/mol. The van der Waals surface area contributed by atoms with Crippen LogP contribution < -0.4 is 20.3 Å². The van der Waals surface area contributed by atoms with Gasteiger partial charge in [-0.05, 0) is 81.0 Å². The topological polar surface area (TPSA) is 53.6 Å². The minimum Gasteiger partial charge on any atom is -0.483 e. The van der Waals surface area contributed by atoms with E-state index in [-0.39, 0.29) is 17.6 Å². The van der Waals surface area contributed by atoms with Gasteiger partial charge in [-0.1, -0.05) is 11.6 Å². The fourth-order valence-corrected chi connectivity index (χ4v) is 3.05. The van der Waals surface area contributed by atoms with Gasteiger partial charge < -0.3 is 15.0 Å². The van der Waals surface area contributed by atoms with Crippen LogP contribution in [0.15, 0.2) is 42.5 Å². The van der Waals surface area contributed by atoms with Crippen molar-refractivity contribution in [3.63, 3.8) is 0 Å². The zero-order valence-electron chi connectivity index (χ0n) is 15.7. The van der Waals surface area contributed by atoms with Crippen molar-refractivity contribution in [1.29, 1.82) is 0 Å². The summed E-state index contributed by atoms with van der Waals surface area (Å²) >= 11 is 11.1. The van der Waals surface area contributed by atoms with E-state index in [1.165, 1.54) is 0 Å². The molecule has 0 aliphatic rings. The van der Waals surface area contributed by atoms with Crippen LogP contribution in [0.2, 0.25) is 5.02 Å². The molecule has 0 aromatic heterocycles. The maximum Gasteiger partial charge on any atom is 0.264 e. The molecule has 0 saturated carbocycles. The summed E-state index contributed by atoms with van der Waals surface area (Å²) in [5, 5.41) is 6.46. The van der Waals surface area contributed by atoms with E-state index in [9.17, 15) is 4.79 Å². The summed E-state index contributed by atoms with van der Waals surface area (Å²) in [6.45, 7) is 7.87. The van der Waals surface area contributed by atoms with Gasteiger partial charge >= 0.3 is 0 Å². The maximum atomic E-state index is 12.0. The highest BCUT2D eigenvalue weighted by atomic mass is 35.5. The van der Waals surface area contributed by atoms with Crippen molar-refractivity contribution >= 4 is 46.2 Å². The molecule has 0 radical (unpaired) electrons. The fraction of sp³-hybridized carbons (Fsp3) is 0.300. The fourth-order valence-electron chi connectivity index (χ4n) is 2.59. The van der Waals surface area contributed by atoms with Crippen LogP contribution in [0, 0.1) is 6.92 Å². The summed E-state index contributed by atoms with van der Waals surface area (Å²) in [6.07, 6.45) is 0. The highest BCUT2D eigenvalue weighted by molar-refractivity contribution is 7.80. The Kier molecular flexibility index (Phi) is 7.88. The summed E-state index contributed by atoms with van der Waals surface area (Å²) in [5.41, 5.74) is 2.82. The van der Waals surface area contributed by atoms with Gasteiger partial charge in [0.1, 0.15) is 5.75 Å². The molecule has 2 aromatic carbocycles. The van der Waals surface area contributed by atoms with Crippen molar-refractivity contribution < 1.29 is 9.53 Å². The summed E-state index contributed by atoms with van der Waals surface area (Å²) in [4.78, 5) is 14.3. The second kappa shape index (κ2) is 10.1. The van der Waals surface area contributed by atoms with Crippen molar-refractivity contribution in [3.8, 4) is 5.75 Å². The van der Waals surface area contributed by atoms with Crippen LogP contribution in [-0.4, -0.2) is 30.7 Å². The summed E-state index contributed by atoms with van der Waals surface area (Å²) in [6, 6.07) is 13.1. The minimum atomic E-state index is -0.332. The molecule has 5 nitrogen and oxygen atoms in total. The van der Waals surface area contributed by atoms with Crippen LogP contribution in [0.5, 0.6) is 5.75 Å². The van der Waals surface area contributed by atoms with Crippen molar-refractivity contribution in [1.82, 2.24) is 5.32 Å². The molecule has 0 aliphatic heterocycles. The number of hydrogen-bond acceptors (Lipinski definition) is 4. The SMILES string of the molecule is CCN(CC)c1ccc(NC(=S)NC(=O)COc2ccc(Cl)cc2C)cc1. The van der Waals surface area contributed by atoms with E-state index < -0.39 is 0 Å². The number of nitrogens with zero attached hydrogens (tertiary/aromatic N) is 1. The Bertz CT molecular complexity index is 792. The zero-order valence-corrected chi connectivity index (χ0v) is 17.3. The summed E-state index contributed by atoms with van der Waals surface area (Å²) < 4.78 is 5.51. The smallest absolute Gasteiger partial charge is 0.264 e. The quantitative estimate of drug-likeness (QED) is 0.669. The number of hydrogen-bond donors (Lipinski definition) is 2. The van der Waals surface area contributed by atoms with E-state index in [0.29, 0.717) is 10.8 Å². The van der Waals surface area contributed by atoms with Crippen molar-refractivity contribution in [2.24, 2.45) is 0 Å². The molecule has 0 spiro atoms. The monoisotopic (exact) mass is 405 g/mol. The van der Waals surface area contributed by atoms with Gasteiger partial charge in [-0.2, -0.15) is 0 Å². The largest absolute Gasteiger partial charge is 0.483 e. The Hall–Kier alpha value is -2.31. The number of nitrogens with one attached hydrogen (secondary N) is 2. The van der Waals surface area contributed by atoms with Crippen LogP contribution in [-0.2, 0) is 4.79 Å². The molecule has 0 saturated heterocycles. The molecule has 7 heteroatoms. The number of rotatable bonds is 7. The molecule has 2 N–H and O–H groups in total. The zero-order chi connectivity index (χ0) is 19.8. The van der Waals surface area contributed by atoms with Gasteiger partial charge in [-0.15, -0.1) is 0 Å². The molecule has 144 valence electrons. The number of halogens is 1. The van der Waals surface area contributed by atoms with Crippen molar-refractivity contribution in [3.05, 3.63) is 53.1 Å². The third-order valence-corrected chi connectivity index (χ3v) is 4.44. The van der Waals surface area contributed by atoms with E-state index >= 15 is 0 Å². The first-order chi connectivity index (χ1) is 12.9. The van der Waals surface area contributed by atoms with E-state index in [2.05, 4.69) is 29.4 Å². The van der Waals surface area contributed by atoms with Gasteiger partial charge in [0, 0.05) is 29.5 Å². The lowest BCUT2D eigenvalue weighted by atomic mass is 10.2. The van der Waals surface area contributed by atoms with Crippen molar-refractivity contribution in [2.45, 2.75) is 20.8 Å². The Labute approximate surface area is 170 Å². The van der Waals surface area contributed by atoms with Crippen LogP contribution in [0.4, 0.5) is 11.4 Å². The third-order valence-electron chi connectivity index (χ3n) is 4.00. The highest BCUT2D eigenvalue weighted by Gasteiger charge is 2.08. The molecule has 27 heavy (non-hydrogen) atoms. The lowest BCUT2D eigenvalue weighted by Crippen LogP contribution is -2.37. The molecule has 0 unspecified atom stereocenters. The van der Waals surface area contributed by atoms with E-state index in [4.69, 9.17) is 28.6 Å². The predicted octanol–water partition coefficient (Wildman–Crippen LogP) is 4.39. The van der Waals surface area contributed by atoms with E-state index in [0.717, 1.165) is 30.0 Å². The molecular formula is C20H24ClN3O2S. The van der Waals surface area contributed by atoms with Gasteiger partial charge in [0.05, 0.1) is 0 Å². The first kappa shape index (κ1) is 21.0. The average Bonchev–Trinajstić information content (AvgIpc) is 2.63. The van der Waals surface area contributed by atoms with Gasteiger partial charge in [-0.25, -0.2) is 0 Å². The molecule has 1 amide bonds. The number of carbonyl (C=O) groups excluding carboxylic acids is 1. The van der Waals surface area contributed by atoms with Gasteiger partial charge in [0.25, 0.3) is 5.91 Å². The number of ether oxygens (including phenoxy) is 1. The Morgan fingerprint density at radius 1 is 1.15 bits per heavy atom. The minimum absolute atomic E-state index is 0.134. The highest BCUT2D eigenvalue weighted by Crippen LogP contribution is 2.21. The maximum absolute atomic E-state index is 12.0. The molecule has 2 rings (SSSR count). The van der Waals surface area contributed by atoms with Crippen LogP contribution in [0.3, 0.4) is 0 Å². The van der Waals surface area contributed by atoms with E-state index in [1.54, 1.807) is 18.2 Å². The molecule has 2 aromatic rings. The third kappa shape index (κ3) is 6.41. The number of carbonyl (C=O) groups is 1. The number of amides is 1. The second-order valence-electron chi connectivity index (χ2n) is 5.92. The number of aryl methyl sites for hydroxylation is 1. The Morgan fingerprint density at radius 2 is 1.81 bits per heavy atom. The molecule has 0 atom stereocenters. The predicted molar refractivity (Wildman–Crippen MR) is 116 cm³/mol. The van der Waals surface area contributed by atoms with Crippen LogP contribution in [0.25, 0.3) is 0 Å². The van der Waals surface area contributed by atoms with Crippen LogP contribution in [0.1, 0.15) is 19.4 Å². The standard InChI is InChI=1S/C20H24ClN3O2S/c1-4-24(5-2)17-9-7-16(8-10-17)22-20(27)23-19(25)13-26-18-11-6-15(21)12-14(18)3/h6-12H,4-5,13H2,1-3H3,(H2,22,23,25,27). The van der Waals surface area contributed by atoms with Crippen molar-refractivity contribution in [2.75, 3.05) is 29.9 Å². The molecule has 0 fully saturated rings. The summed E-state index contributed by atoms with van der Waals surface area (Å²) in [5.74, 6) is 0.280. The van der Waals surface area contributed by atoms with Gasteiger partial charge in [0.2, 0.25) is 0 Å². The number of benzene rings is 2. The molecule has 0 aliphatic carbocycles. The molecule has 0 bridgehead atoms. The first-order valence-electron chi connectivity index (χ1n) is 8.77. The van der Waals surface area contributed by atoms with Gasteiger partial charge in [0.15, 0.2) is 11.7 Å². The second-order valence-corrected chi connectivity index (χ2v) is 6.76. The lowest BCUT2D eigenvalue weighted by molar-refractivity contribution is -0.121. The normalized spacial score (nSPS) is 10.2. The lowest BCUT2D eigenvalue weighted by Gasteiger charge is -2.21. The first-order valence-corrected chi connectivity index (χ1v) is 9.56. The molecular weight excluding hydrogens is 382 g/mol. The molecule has 0 heterocycles.